The summed E-state index contributed by atoms with van der Waals surface area (Å²) in [6, 6.07) is 33.8. The molecule has 0 bridgehead atoms. The van der Waals surface area contributed by atoms with Crippen LogP contribution in [0.2, 0.25) is 0 Å². The molecule has 6 nitrogen and oxygen atoms in total. The molecule has 3 N–H and O–H groups in total. The van der Waals surface area contributed by atoms with Crippen molar-refractivity contribution in [1.82, 2.24) is 5.32 Å². The molecule has 0 fully saturated rings. The molecule has 4 aromatic rings. The predicted octanol–water partition coefficient (Wildman–Crippen LogP) is 9.63. The summed E-state index contributed by atoms with van der Waals surface area (Å²) in [5, 5.41) is 3.53. The van der Waals surface area contributed by atoms with Gasteiger partial charge in [-0.3, -0.25) is 0 Å². The topological polar surface area (TPSA) is 75.0 Å². The van der Waals surface area contributed by atoms with Crippen molar-refractivity contribution in [3.63, 3.8) is 0 Å². The van der Waals surface area contributed by atoms with E-state index in [4.69, 9.17) is 24.7 Å². The Morgan fingerprint density at radius 3 is 1.47 bits per heavy atom. The first-order valence-electron chi connectivity index (χ1n) is 16.8. The van der Waals surface area contributed by atoms with Crippen LogP contribution in [0, 0.1) is 0 Å². The van der Waals surface area contributed by atoms with Crippen LogP contribution in [-0.2, 0) is 9.47 Å². The molecule has 2 unspecified atom stereocenters. The van der Waals surface area contributed by atoms with Crippen molar-refractivity contribution in [2.75, 3.05) is 52.7 Å². The summed E-state index contributed by atoms with van der Waals surface area (Å²) in [5.74, 6) is 1.84. The van der Waals surface area contributed by atoms with Gasteiger partial charge >= 0.3 is 0 Å². The van der Waals surface area contributed by atoms with Gasteiger partial charge in [0.15, 0.2) is 0 Å². The fourth-order valence-electron chi connectivity index (χ4n) is 4.87. The van der Waals surface area contributed by atoms with Crippen LogP contribution in [0.15, 0.2) is 97.1 Å². The zero-order valence-electron chi connectivity index (χ0n) is 29.1. The molecule has 4 aromatic carbocycles. The van der Waals surface area contributed by atoms with Crippen LogP contribution in [0.4, 0.5) is 0 Å². The second-order valence-corrected chi connectivity index (χ2v) is 11.9. The number of halogens is 1. The summed E-state index contributed by atoms with van der Waals surface area (Å²) in [6.07, 6.45) is 0. The molecule has 0 aliphatic carbocycles. The van der Waals surface area contributed by atoms with Gasteiger partial charge in [-0.05, 0) is 99.2 Å². The smallest absolute Gasteiger partial charge is 0.119 e. The zero-order chi connectivity index (χ0) is 34.3. The SMILES string of the molecule is CCOCCN.CCOCCNC(C)c1ccccc1-c1ccc(OCC)cc1.CCOc1ccc(-c2ccccc2C(C)Br)cc1. The monoisotopic (exact) mass is 706 g/mol. The maximum absolute atomic E-state index is 5.52. The molecule has 0 aliphatic heterocycles. The average molecular weight is 708 g/mol. The highest BCUT2D eigenvalue weighted by Crippen LogP contribution is 2.33. The fourth-order valence-corrected chi connectivity index (χ4v) is 5.27. The minimum absolute atomic E-state index is 0.276. The highest BCUT2D eigenvalue weighted by molar-refractivity contribution is 9.09. The lowest BCUT2D eigenvalue weighted by Crippen LogP contribution is -2.23. The standard InChI is InChI=1S/C20H27NO2.C16H17BrO.C4H11NO/c1-4-22-15-14-21-16(3)19-8-6-7-9-20(19)17-10-12-18(13-11-17)23-5-2;1-3-18-14-10-8-13(9-11-14)16-7-5-4-6-15(16)12(2)17;1-2-6-4-3-5/h6-13,16,21H,4-5,14-15H2,1-3H3;4-12H,3H2,1-2H3;2-5H2,1H3. The number of rotatable bonds is 16. The molecule has 0 radical (unpaired) electrons. The van der Waals surface area contributed by atoms with E-state index in [1.165, 1.54) is 33.4 Å². The van der Waals surface area contributed by atoms with E-state index in [-0.39, 0.29) is 6.04 Å². The molecule has 2 atom stereocenters. The van der Waals surface area contributed by atoms with Gasteiger partial charge in [0, 0.05) is 37.2 Å². The Hall–Kier alpha value is -3.20. The summed E-state index contributed by atoms with van der Waals surface area (Å²) in [5.41, 5.74) is 12.7. The van der Waals surface area contributed by atoms with Gasteiger partial charge in [-0.1, -0.05) is 88.7 Å². The van der Waals surface area contributed by atoms with E-state index in [0.29, 0.717) is 31.2 Å². The van der Waals surface area contributed by atoms with Crippen LogP contribution in [-0.4, -0.2) is 52.7 Å². The van der Waals surface area contributed by atoms with Crippen molar-refractivity contribution in [3.05, 3.63) is 108 Å². The molecule has 0 saturated carbocycles. The molecule has 0 aliphatic rings. The predicted molar refractivity (Wildman–Crippen MR) is 202 cm³/mol. The first kappa shape index (κ1) is 40.0. The Morgan fingerprint density at radius 1 is 0.596 bits per heavy atom. The van der Waals surface area contributed by atoms with E-state index in [9.17, 15) is 0 Å². The van der Waals surface area contributed by atoms with Gasteiger partial charge in [-0.2, -0.15) is 0 Å². The first-order chi connectivity index (χ1) is 22.9. The molecule has 0 spiro atoms. The third-order valence-electron chi connectivity index (χ3n) is 7.14. The molecule has 0 heterocycles. The van der Waals surface area contributed by atoms with Crippen molar-refractivity contribution >= 4 is 15.9 Å². The van der Waals surface area contributed by atoms with Crippen LogP contribution in [0.5, 0.6) is 11.5 Å². The van der Waals surface area contributed by atoms with Gasteiger partial charge in [0.25, 0.3) is 0 Å². The summed E-state index contributed by atoms with van der Waals surface area (Å²) in [4.78, 5) is 0.347. The molecular formula is C40H55BrN2O4. The molecule has 256 valence electrons. The second kappa shape index (κ2) is 24.0. The second-order valence-electron chi connectivity index (χ2n) is 10.6. The Balaban J connectivity index is 0.000000284. The van der Waals surface area contributed by atoms with Gasteiger partial charge in [0.05, 0.1) is 26.4 Å². The van der Waals surface area contributed by atoms with Gasteiger partial charge in [-0.25, -0.2) is 0 Å². The molecule has 47 heavy (non-hydrogen) atoms. The number of nitrogens with two attached hydrogens (primary N) is 1. The molecule has 0 aromatic heterocycles. The van der Waals surface area contributed by atoms with Crippen molar-refractivity contribution < 1.29 is 18.9 Å². The lowest BCUT2D eigenvalue weighted by molar-refractivity contribution is 0.147. The molecule has 7 heteroatoms. The van der Waals surface area contributed by atoms with Gasteiger partial charge < -0.3 is 30.0 Å². The quantitative estimate of drug-likeness (QED) is 0.0893. The van der Waals surface area contributed by atoms with Crippen LogP contribution >= 0.6 is 15.9 Å². The third kappa shape index (κ3) is 14.6. The Kier molecular flexibility index (Phi) is 20.4. The number of hydrogen-bond donors (Lipinski definition) is 2. The van der Waals surface area contributed by atoms with E-state index in [0.717, 1.165) is 37.9 Å². The maximum Gasteiger partial charge on any atom is 0.119 e. The molecule has 0 amide bonds. The Bertz CT molecular complexity index is 1360. The van der Waals surface area contributed by atoms with Crippen LogP contribution < -0.4 is 20.5 Å². The summed E-state index contributed by atoms with van der Waals surface area (Å²) in [6.45, 7) is 18.2. The first-order valence-corrected chi connectivity index (χ1v) is 17.7. The van der Waals surface area contributed by atoms with E-state index >= 15 is 0 Å². The van der Waals surface area contributed by atoms with Gasteiger partial charge in [0.2, 0.25) is 0 Å². The van der Waals surface area contributed by atoms with E-state index in [1.807, 2.05) is 52.0 Å². The normalized spacial score (nSPS) is 11.7. The number of ether oxygens (including phenoxy) is 4. The molecule has 0 saturated heterocycles. The van der Waals surface area contributed by atoms with E-state index in [1.54, 1.807) is 0 Å². The summed E-state index contributed by atoms with van der Waals surface area (Å²) in [7, 11) is 0. The third-order valence-corrected chi connectivity index (χ3v) is 7.63. The summed E-state index contributed by atoms with van der Waals surface area (Å²) >= 11 is 3.65. The van der Waals surface area contributed by atoms with Crippen molar-refractivity contribution in [2.45, 2.75) is 52.4 Å². The Labute approximate surface area is 292 Å². The zero-order valence-corrected chi connectivity index (χ0v) is 30.7. The van der Waals surface area contributed by atoms with Gasteiger partial charge in [0.1, 0.15) is 11.5 Å². The van der Waals surface area contributed by atoms with Crippen LogP contribution in [0.3, 0.4) is 0 Å². The number of alkyl halides is 1. The highest BCUT2D eigenvalue weighted by Gasteiger charge is 2.11. The minimum Gasteiger partial charge on any atom is -0.494 e. The summed E-state index contributed by atoms with van der Waals surface area (Å²) < 4.78 is 21.2. The van der Waals surface area contributed by atoms with Crippen LogP contribution in [0.1, 0.15) is 63.5 Å². The number of hydrogen-bond acceptors (Lipinski definition) is 6. The maximum atomic E-state index is 5.52. The van der Waals surface area contributed by atoms with Crippen molar-refractivity contribution in [3.8, 4) is 33.8 Å². The van der Waals surface area contributed by atoms with Crippen molar-refractivity contribution in [1.29, 1.82) is 0 Å². The Morgan fingerprint density at radius 2 is 1.04 bits per heavy atom. The fraction of sp³-hybridized carbons (Fsp3) is 0.400. The van der Waals surface area contributed by atoms with E-state index < -0.39 is 0 Å². The van der Waals surface area contributed by atoms with Crippen LogP contribution in [0.25, 0.3) is 22.3 Å². The minimum atomic E-state index is 0.276. The van der Waals surface area contributed by atoms with Gasteiger partial charge in [-0.15, -0.1) is 0 Å². The number of benzene rings is 4. The lowest BCUT2D eigenvalue weighted by atomic mass is 9.95. The number of nitrogens with one attached hydrogen (secondary N) is 1. The van der Waals surface area contributed by atoms with E-state index in [2.05, 4.69) is 108 Å². The average Bonchev–Trinajstić information content (AvgIpc) is 3.10. The molecular weight excluding hydrogens is 652 g/mol. The largest absolute Gasteiger partial charge is 0.494 e. The molecule has 4 rings (SSSR count). The van der Waals surface area contributed by atoms with Crippen molar-refractivity contribution in [2.24, 2.45) is 5.73 Å². The lowest BCUT2D eigenvalue weighted by Gasteiger charge is -2.18. The highest BCUT2D eigenvalue weighted by atomic mass is 79.9.